The fraction of sp³-hybridized carbons (Fsp3) is 0.571. The molecule has 20 heavy (non-hydrogen) atoms. The standard InChI is InChI=1S/C14H22BrN5/c1-4-7-16-9-11-6-8-20(17-11)10-13-14(15)12(5-2)18-19(13)3/h6,8,16H,4-5,7,9-10H2,1-3H3. The molecule has 2 heterocycles. The van der Waals surface area contributed by atoms with Gasteiger partial charge in [0.15, 0.2) is 0 Å². The lowest BCUT2D eigenvalue weighted by Gasteiger charge is -2.04. The molecule has 6 heteroatoms. The monoisotopic (exact) mass is 339 g/mol. The number of aryl methyl sites for hydroxylation is 2. The van der Waals surface area contributed by atoms with Crippen LogP contribution in [-0.2, 0) is 26.6 Å². The molecule has 0 fully saturated rings. The van der Waals surface area contributed by atoms with Crippen molar-refractivity contribution in [3.63, 3.8) is 0 Å². The molecule has 0 radical (unpaired) electrons. The van der Waals surface area contributed by atoms with E-state index in [1.165, 1.54) is 0 Å². The zero-order chi connectivity index (χ0) is 14.5. The van der Waals surface area contributed by atoms with Crippen LogP contribution >= 0.6 is 15.9 Å². The summed E-state index contributed by atoms with van der Waals surface area (Å²) in [6, 6.07) is 2.06. The van der Waals surface area contributed by atoms with Crippen LogP contribution in [0.5, 0.6) is 0 Å². The van der Waals surface area contributed by atoms with Gasteiger partial charge in [0.25, 0.3) is 0 Å². The Bertz CT molecular complexity index is 558. The summed E-state index contributed by atoms with van der Waals surface area (Å²) in [5.41, 5.74) is 3.32. The first-order valence-electron chi connectivity index (χ1n) is 7.09. The summed E-state index contributed by atoms with van der Waals surface area (Å²) < 4.78 is 4.99. The van der Waals surface area contributed by atoms with Crippen molar-refractivity contribution >= 4 is 15.9 Å². The molecular formula is C14H22BrN5. The Labute approximate surface area is 128 Å². The van der Waals surface area contributed by atoms with E-state index in [0.717, 1.165) is 54.0 Å². The number of nitrogens with one attached hydrogen (secondary N) is 1. The normalized spacial score (nSPS) is 11.2. The Hall–Kier alpha value is -1.14. The molecule has 0 unspecified atom stereocenters. The number of hydrogen-bond acceptors (Lipinski definition) is 3. The molecule has 1 N–H and O–H groups in total. The van der Waals surface area contributed by atoms with Gasteiger partial charge in [-0.15, -0.1) is 0 Å². The van der Waals surface area contributed by atoms with Gasteiger partial charge in [-0.1, -0.05) is 13.8 Å². The fourth-order valence-electron chi connectivity index (χ4n) is 2.12. The summed E-state index contributed by atoms with van der Waals surface area (Å²) in [7, 11) is 1.98. The SMILES string of the molecule is CCCNCc1ccn(Cc2c(Br)c(CC)nn2C)n1. The number of rotatable bonds is 7. The minimum atomic E-state index is 0.734. The van der Waals surface area contributed by atoms with Crippen molar-refractivity contribution in [3.8, 4) is 0 Å². The van der Waals surface area contributed by atoms with E-state index < -0.39 is 0 Å². The van der Waals surface area contributed by atoms with Crippen LogP contribution < -0.4 is 5.32 Å². The first kappa shape index (κ1) is 15.3. The van der Waals surface area contributed by atoms with Gasteiger partial charge in [0.2, 0.25) is 0 Å². The van der Waals surface area contributed by atoms with Gasteiger partial charge >= 0.3 is 0 Å². The van der Waals surface area contributed by atoms with E-state index in [0.29, 0.717) is 0 Å². The van der Waals surface area contributed by atoms with E-state index in [1.54, 1.807) is 0 Å². The molecule has 0 saturated carbocycles. The maximum absolute atomic E-state index is 4.59. The van der Waals surface area contributed by atoms with Crippen LogP contribution in [0.4, 0.5) is 0 Å². The molecule has 0 spiro atoms. The van der Waals surface area contributed by atoms with E-state index in [4.69, 9.17) is 0 Å². The third-order valence-corrected chi connectivity index (χ3v) is 4.16. The Kier molecular flexibility index (Phi) is 5.37. The molecule has 0 aromatic carbocycles. The Morgan fingerprint density at radius 1 is 1.30 bits per heavy atom. The number of hydrogen-bond donors (Lipinski definition) is 1. The van der Waals surface area contributed by atoms with E-state index in [2.05, 4.69) is 51.4 Å². The predicted octanol–water partition coefficient (Wildman–Crippen LogP) is 2.49. The van der Waals surface area contributed by atoms with Crippen LogP contribution in [0.2, 0.25) is 0 Å². The molecule has 0 saturated heterocycles. The van der Waals surface area contributed by atoms with Gasteiger partial charge in [-0.2, -0.15) is 10.2 Å². The lowest BCUT2D eigenvalue weighted by Crippen LogP contribution is -2.14. The molecule has 0 aliphatic heterocycles. The quantitative estimate of drug-likeness (QED) is 0.788. The highest BCUT2D eigenvalue weighted by molar-refractivity contribution is 9.10. The summed E-state index contributed by atoms with van der Waals surface area (Å²) >= 11 is 3.64. The van der Waals surface area contributed by atoms with Crippen LogP contribution in [-0.4, -0.2) is 26.1 Å². The van der Waals surface area contributed by atoms with Crippen molar-refractivity contribution in [2.45, 2.75) is 39.8 Å². The second-order valence-corrected chi connectivity index (χ2v) is 5.66. The second kappa shape index (κ2) is 7.04. The number of nitrogens with zero attached hydrogens (tertiary/aromatic N) is 4. The molecule has 0 amide bonds. The molecule has 5 nitrogen and oxygen atoms in total. The first-order chi connectivity index (χ1) is 9.65. The van der Waals surface area contributed by atoms with Crippen molar-refractivity contribution < 1.29 is 0 Å². The first-order valence-corrected chi connectivity index (χ1v) is 7.88. The topological polar surface area (TPSA) is 47.7 Å². The van der Waals surface area contributed by atoms with Crippen LogP contribution in [0, 0.1) is 0 Å². The van der Waals surface area contributed by atoms with E-state index in [1.807, 2.05) is 22.6 Å². The van der Waals surface area contributed by atoms with Crippen molar-refractivity contribution in [1.82, 2.24) is 24.9 Å². The highest BCUT2D eigenvalue weighted by Crippen LogP contribution is 2.22. The van der Waals surface area contributed by atoms with Crippen molar-refractivity contribution in [3.05, 3.63) is 33.8 Å². The Morgan fingerprint density at radius 3 is 2.75 bits per heavy atom. The van der Waals surface area contributed by atoms with Crippen molar-refractivity contribution in [2.75, 3.05) is 6.54 Å². The van der Waals surface area contributed by atoms with Gasteiger partial charge in [0, 0.05) is 19.8 Å². The molecule has 0 aliphatic rings. The maximum atomic E-state index is 4.59. The van der Waals surface area contributed by atoms with Gasteiger partial charge in [0.05, 0.1) is 28.1 Å². The molecule has 2 aromatic rings. The zero-order valence-electron chi connectivity index (χ0n) is 12.4. The highest BCUT2D eigenvalue weighted by Gasteiger charge is 2.13. The van der Waals surface area contributed by atoms with Gasteiger partial charge < -0.3 is 5.32 Å². The second-order valence-electron chi connectivity index (χ2n) is 4.87. The van der Waals surface area contributed by atoms with E-state index in [-0.39, 0.29) is 0 Å². The third-order valence-electron chi connectivity index (χ3n) is 3.24. The minimum Gasteiger partial charge on any atom is -0.311 e. The summed E-state index contributed by atoms with van der Waals surface area (Å²) in [6.07, 6.45) is 4.09. The predicted molar refractivity (Wildman–Crippen MR) is 83.6 cm³/mol. The van der Waals surface area contributed by atoms with Crippen LogP contribution in [0.25, 0.3) is 0 Å². The molecule has 2 rings (SSSR count). The van der Waals surface area contributed by atoms with Gasteiger partial charge in [-0.25, -0.2) is 0 Å². The smallest absolute Gasteiger partial charge is 0.0839 e. The van der Waals surface area contributed by atoms with Crippen LogP contribution in [0.15, 0.2) is 16.7 Å². The lowest BCUT2D eigenvalue weighted by molar-refractivity contribution is 0.597. The molecule has 2 aromatic heterocycles. The largest absolute Gasteiger partial charge is 0.311 e. The Balaban J connectivity index is 2.05. The maximum Gasteiger partial charge on any atom is 0.0839 e. The molecular weight excluding hydrogens is 318 g/mol. The lowest BCUT2D eigenvalue weighted by atomic mass is 10.3. The van der Waals surface area contributed by atoms with E-state index in [9.17, 15) is 0 Å². The van der Waals surface area contributed by atoms with Crippen molar-refractivity contribution in [1.29, 1.82) is 0 Å². The molecule has 0 atom stereocenters. The van der Waals surface area contributed by atoms with Gasteiger partial charge in [0.1, 0.15) is 0 Å². The third kappa shape index (κ3) is 3.49. The number of aromatic nitrogens is 4. The summed E-state index contributed by atoms with van der Waals surface area (Å²) in [6.45, 7) is 6.87. The number of halogens is 1. The molecule has 0 aliphatic carbocycles. The average Bonchev–Trinajstić information content (AvgIpc) is 2.99. The van der Waals surface area contributed by atoms with E-state index >= 15 is 0 Å². The molecule has 110 valence electrons. The summed E-state index contributed by atoms with van der Waals surface area (Å²) in [4.78, 5) is 0. The summed E-state index contributed by atoms with van der Waals surface area (Å²) in [5.74, 6) is 0. The van der Waals surface area contributed by atoms with Gasteiger partial charge in [-0.3, -0.25) is 9.36 Å². The fourth-order valence-corrected chi connectivity index (χ4v) is 2.87. The van der Waals surface area contributed by atoms with Crippen LogP contribution in [0.1, 0.15) is 37.4 Å². The highest BCUT2D eigenvalue weighted by atomic mass is 79.9. The Morgan fingerprint density at radius 2 is 2.10 bits per heavy atom. The summed E-state index contributed by atoms with van der Waals surface area (Å²) in [5, 5.41) is 12.5. The van der Waals surface area contributed by atoms with Gasteiger partial charge in [-0.05, 0) is 41.4 Å². The zero-order valence-corrected chi connectivity index (χ0v) is 13.9. The molecule has 0 bridgehead atoms. The minimum absolute atomic E-state index is 0.734. The average molecular weight is 340 g/mol. The van der Waals surface area contributed by atoms with Crippen LogP contribution in [0.3, 0.4) is 0 Å². The van der Waals surface area contributed by atoms with Crippen molar-refractivity contribution in [2.24, 2.45) is 7.05 Å².